The number of para-hydroxylation sites is 1. The summed E-state index contributed by atoms with van der Waals surface area (Å²) >= 11 is 0. The minimum absolute atomic E-state index is 0.0479. The summed E-state index contributed by atoms with van der Waals surface area (Å²) < 4.78 is 1.37. The van der Waals surface area contributed by atoms with Crippen LogP contribution in [0.1, 0.15) is 6.92 Å². The Morgan fingerprint density at radius 2 is 1.67 bits per heavy atom. The molecule has 0 atom stereocenters. The van der Waals surface area contributed by atoms with E-state index in [1.54, 1.807) is 23.1 Å². The summed E-state index contributed by atoms with van der Waals surface area (Å²) in [7, 11) is 0. The van der Waals surface area contributed by atoms with Gasteiger partial charge in [-0.3, -0.25) is 14.2 Å². The molecule has 0 radical (unpaired) electrons. The van der Waals surface area contributed by atoms with Crippen LogP contribution in [0.5, 0.6) is 0 Å². The number of fused-ring (bicyclic) bond motifs is 2. The largest absolute Gasteiger partial charge is 0.311 e. The van der Waals surface area contributed by atoms with Crippen LogP contribution < -0.4 is 10.5 Å². The van der Waals surface area contributed by atoms with E-state index in [9.17, 15) is 9.59 Å². The Morgan fingerprint density at radius 3 is 2.48 bits per heavy atom. The van der Waals surface area contributed by atoms with Gasteiger partial charge in [-0.1, -0.05) is 48.5 Å². The van der Waals surface area contributed by atoms with E-state index in [-0.39, 0.29) is 18.0 Å². The fraction of sp³-hybridized carbons (Fsp3) is 0.136. The maximum Gasteiger partial charge on any atom is 0.261 e. The lowest BCUT2D eigenvalue weighted by Gasteiger charge is -2.23. The van der Waals surface area contributed by atoms with Crippen LogP contribution in [0.3, 0.4) is 0 Å². The van der Waals surface area contributed by atoms with E-state index < -0.39 is 0 Å². The van der Waals surface area contributed by atoms with Crippen molar-refractivity contribution in [2.45, 2.75) is 13.5 Å². The number of hydrogen-bond donors (Lipinski definition) is 0. The van der Waals surface area contributed by atoms with Crippen LogP contribution in [0.2, 0.25) is 0 Å². The second-order valence-electron chi connectivity index (χ2n) is 6.33. The molecule has 5 heteroatoms. The highest BCUT2D eigenvalue weighted by Gasteiger charge is 2.17. The van der Waals surface area contributed by atoms with Gasteiger partial charge in [0.1, 0.15) is 6.54 Å². The van der Waals surface area contributed by atoms with E-state index >= 15 is 0 Å². The quantitative estimate of drug-likeness (QED) is 0.561. The summed E-state index contributed by atoms with van der Waals surface area (Å²) in [5, 5.41) is 2.60. The van der Waals surface area contributed by atoms with Gasteiger partial charge in [-0.15, -0.1) is 0 Å². The Kier molecular flexibility index (Phi) is 4.42. The molecular weight excluding hydrogens is 338 g/mol. The van der Waals surface area contributed by atoms with E-state index in [0.29, 0.717) is 17.4 Å². The molecule has 0 N–H and O–H groups in total. The van der Waals surface area contributed by atoms with Crippen LogP contribution in [0.25, 0.3) is 21.7 Å². The normalized spacial score (nSPS) is 11.0. The molecule has 1 amide bonds. The first-order chi connectivity index (χ1) is 13.2. The molecule has 0 bridgehead atoms. The lowest BCUT2D eigenvalue weighted by molar-refractivity contribution is -0.119. The molecule has 0 saturated heterocycles. The number of likely N-dealkylation sites (N-methyl/N-ethyl adjacent to an activating group) is 1. The molecule has 5 nitrogen and oxygen atoms in total. The zero-order chi connectivity index (χ0) is 18.8. The van der Waals surface area contributed by atoms with Crippen molar-refractivity contribution >= 4 is 33.3 Å². The Balaban J connectivity index is 1.71. The van der Waals surface area contributed by atoms with Crippen molar-refractivity contribution in [2.75, 3.05) is 11.4 Å². The molecule has 1 aromatic heterocycles. The number of carbonyl (C=O) groups excluding carboxylic acids is 1. The van der Waals surface area contributed by atoms with E-state index in [0.717, 1.165) is 16.5 Å². The van der Waals surface area contributed by atoms with Gasteiger partial charge in [-0.2, -0.15) is 0 Å². The summed E-state index contributed by atoms with van der Waals surface area (Å²) in [5.74, 6) is -0.145. The zero-order valence-corrected chi connectivity index (χ0v) is 15.0. The van der Waals surface area contributed by atoms with Crippen molar-refractivity contribution in [3.63, 3.8) is 0 Å². The van der Waals surface area contributed by atoms with Crippen LogP contribution in [-0.4, -0.2) is 22.0 Å². The Hall–Kier alpha value is -3.47. The average molecular weight is 357 g/mol. The molecule has 134 valence electrons. The molecule has 0 fully saturated rings. The lowest BCUT2D eigenvalue weighted by atomic mass is 10.1. The molecule has 0 unspecified atom stereocenters. The van der Waals surface area contributed by atoms with Gasteiger partial charge in [0.15, 0.2) is 0 Å². The highest BCUT2D eigenvalue weighted by Crippen LogP contribution is 2.26. The third kappa shape index (κ3) is 3.08. The molecule has 3 aromatic carbocycles. The van der Waals surface area contributed by atoms with Crippen molar-refractivity contribution in [1.82, 2.24) is 9.55 Å². The fourth-order valence-corrected chi connectivity index (χ4v) is 3.37. The summed E-state index contributed by atoms with van der Waals surface area (Å²) in [6.07, 6.45) is 1.44. The van der Waals surface area contributed by atoms with E-state index in [4.69, 9.17) is 0 Å². The Morgan fingerprint density at radius 1 is 0.963 bits per heavy atom. The van der Waals surface area contributed by atoms with Crippen molar-refractivity contribution in [1.29, 1.82) is 0 Å². The molecule has 1 heterocycles. The average Bonchev–Trinajstić information content (AvgIpc) is 2.71. The van der Waals surface area contributed by atoms with Gasteiger partial charge >= 0.3 is 0 Å². The number of anilines is 1. The van der Waals surface area contributed by atoms with Gasteiger partial charge in [-0.25, -0.2) is 4.98 Å². The summed E-state index contributed by atoms with van der Waals surface area (Å²) in [6.45, 7) is 2.40. The molecule has 0 spiro atoms. The molecule has 27 heavy (non-hydrogen) atoms. The van der Waals surface area contributed by atoms with Gasteiger partial charge in [0.25, 0.3) is 5.56 Å². The Labute approximate surface area is 156 Å². The lowest BCUT2D eigenvalue weighted by Crippen LogP contribution is -2.36. The number of benzene rings is 3. The number of aromatic nitrogens is 2. The number of nitrogens with zero attached hydrogens (tertiary/aromatic N) is 3. The smallest absolute Gasteiger partial charge is 0.261 e. The van der Waals surface area contributed by atoms with E-state index in [1.165, 1.54) is 10.9 Å². The highest BCUT2D eigenvalue weighted by molar-refractivity contribution is 6.03. The van der Waals surface area contributed by atoms with Crippen LogP contribution >= 0.6 is 0 Å². The molecule has 4 rings (SSSR count). The van der Waals surface area contributed by atoms with Gasteiger partial charge < -0.3 is 4.90 Å². The third-order valence-corrected chi connectivity index (χ3v) is 4.71. The molecule has 0 saturated carbocycles. The van der Waals surface area contributed by atoms with Gasteiger partial charge in [0.2, 0.25) is 5.91 Å². The monoisotopic (exact) mass is 357 g/mol. The van der Waals surface area contributed by atoms with Crippen molar-refractivity contribution in [3.8, 4) is 0 Å². The van der Waals surface area contributed by atoms with Crippen molar-refractivity contribution in [2.24, 2.45) is 0 Å². The summed E-state index contributed by atoms with van der Waals surface area (Å²) in [6, 6.07) is 21.0. The first-order valence-electron chi connectivity index (χ1n) is 8.91. The number of carbonyl (C=O) groups is 1. The summed E-state index contributed by atoms with van der Waals surface area (Å²) in [5.41, 5.74) is 1.28. The molecule has 0 aliphatic heterocycles. The van der Waals surface area contributed by atoms with Crippen LogP contribution in [0, 0.1) is 0 Å². The maximum atomic E-state index is 13.0. The molecular formula is C22H19N3O2. The molecule has 0 aliphatic carbocycles. The third-order valence-electron chi connectivity index (χ3n) is 4.71. The first kappa shape index (κ1) is 17.0. The van der Waals surface area contributed by atoms with Crippen LogP contribution in [-0.2, 0) is 11.3 Å². The van der Waals surface area contributed by atoms with Crippen molar-refractivity contribution < 1.29 is 4.79 Å². The van der Waals surface area contributed by atoms with Crippen LogP contribution in [0.4, 0.5) is 5.69 Å². The highest BCUT2D eigenvalue weighted by atomic mass is 16.2. The fourth-order valence-electron chi connectivity index (χ4n) is 3.37. The minimum atomic E-state index is -0.206. The topological polar surface area (TPSA) is 55.2 Å². The van der Waals surface area contributed by atoms with Crippen LogP contribution in [0.15, 0.2) is 77.9 Å². The van der Waals surface area contributed by atoms with Crippen molar-refractivity contribution in [3.05, 3.63) is 83.4 Å². The predicted molar refractivity (Wildman–Crippen MR) is 108 cm³/mol. The van der Waals surface area contributed by atoms with E-state index in [1.807, 2.05) is 55.5 Å². The van der Waals surface area contributed by atoms with E-state index in [2.05, 4.69) is 4.98 Å². The first-order valence-corrected chi connectivity index (χ1v) is 8.91. The standard InChI is InChI=1S/C22H19N3O2/c1-2-25(20-13-7-9-16-8-3-4-10-17(16)20)21(26)14-24-15-23-19-12-6-5-11-18(19)22(24)27/h3-13,15H,2,14H2,1H3. The number of rotatable bonds is 4. The zero-order valence-electron chi connectivity index (χ0n) is 15.0. The summed E-state index contributed by atoms with van der Waals surface area (Å²) in [4.78, 5) is 31.7. The van der Waals surface area contributed by atoms with Gasteiger partial charge in [0.05, 0.1) is 22.9 Å². The second-order valence-corrected chi connectivity index (χ2v) is 6.33. The predicted octanol–water partition coefficient (Wildman–Crippen LogP) is 3.60. The minimum Gasteiger partial charge on any atom is -0.311 e. The number of hydrogen-bond acceptors (Lipinski definition) is 3. The van der Waals surface area contributed by atoms with Gasteiger partial charge in [-0.05, 0) is 30.5 Å². The van der Waals surface area contributed by atoms with Gasteiger partial charge in [0, 0.05) is 11.9 Å². The molecule has 0 aliphatic rings. The Bertz CT molecular complexity index is 1190. The maximum absolute atomic E-state index is 13.0. The second kappa shape index (κ2) is 7.03. The number of amides is 1. The SMILES string of the molecule is CCN(C(=O)Cn1cnc2ccccc2c1=O)c1cccc2ccccc12. The molecule has 4 aromatic rings.